The molecule has 2 amide bonds. The van der Waals surface area contributed by atoms with Crippen molar-refractivity contribution >= 4 is 22.7 Å². The number of aromatic amines is 1. The highest BCUT2D eigenvalue weighted by Crippen LogP contribution is 2.18. The molecule has 0 aliphatic carbocycles. The Morgan fingerprint density at radius 2 is 1.79 bits per heavy atom. The number of nitrogens with one attached hydrogen (secondary N) is 3. The normalized spacial score (nSPS) is 12.0. The van der Waals surface area contributed by atoms with E-state index in [2.05, 4.69) is 21.7 Å². The maximum atomic E-state index is 12.7. The molecule has 0 saturated heterocycles. The fourth-order valence-electron chi connectivity index (χ4n) is 3.27. The second-order valence-corrected chi connectivity index (χ2v) is 7.32. The van der Waals surface area contributed by atoms with Gasteiger partial charge in [-0.15, -0.1) is 0 Å². The van der Waals surface area contributed by atoms with Crippen molar-refractivity contribution < 1.29 is 14.3 Å². The van der Waals surface area contributed by atoms with E-state index in [1.165, 1.54) is 0 Å². The first-order valence-corrected chi connectivity index (χ1v) is 9.77. The fourth-order valence-corrected chi connectivity index (χ4v) is 3.27. The Hall–Kier alpha value is -3.28. The van der Waals surface area contributed by atoms with E-state index in [-0.39, 0.29) is 17.7 Å². The van der Waals surface area contributed by atoms with Crippen LogP contribution in [-0.4, -0.2) is 36.5 Å². The first-order chi connectivity index (χ1) is 14.0. The zero-order valence-electron chi connectivity index (χ0n) is 17.0. The van der Waals surface area contributed by atoms with Crippen LogP contribution in [0.4, 0.5) is 0 Å². The van der Waals surface area contributed by atoms with Crippen LogP contribution >= 0.6 is 0 Å². The van der Waals surface area contributed by atoms with Crippen molar-refractivity contribution in [2.45, 2.75) is 26.3 Å². The van der Waals surface area contributed by atoms with Crippen molar-refractivity contribution in [3.05, 3.63) is 65.9 Å². The molecule has 152 valence electrons. The van der Waals surface area contributed by atoms with Gasteiger partial charge in [0.05, 0.1) is 7.11 Å². The summed E-state index contributed by atoms with van der Waals surface area (Å²) in [6.45, 7) is 4.33. The third-order valence-electron chi connectivity index (χ3n) is 4.96. The molecule has 6 nitrogen and oxygen atoms in total. The maximum Gasteiger partial charge on any atom is 0.251 e. The molecule has 1 atom stereocenters. The van der Waals surface area contributed by atoms with Gasteiger partial charge in [0.2, 0.25) is 5.91 Å². The van der Waals surface area contributed by atoms with Gasteiger partial charge in [-0.05, 0) is 48.2 Å². The van der Waals surface area contributed by atoms with Gasteiger partial charge in [-0.25, -0.2) is 0 Å². The highest BCUT2D eigenvalue weighted by molar-refractivity contribution is 5.97. The number of amides is 2. The van der Waals surface area contributed by atoms with Crippen LogP contribution in [0.2, 0.25) is 0 Å². The van der Waals surface area contributed by atoms with E-state index in [1.807, 2.05) is 38.2 Å². The van der Waals surface area contributed by atoms with E-state index in [0.29, 0.717) is 24.3 Å². The lowest BCUT2D eigenvalue weighted by Gasteiger charge is -2.22. The Morgan fingerprint density at radius 3 is 2.48 bits per heavy atom. The number of hydrogen-bond donors (Lipinski definition) is 3. The number of carbonyl (C=O) groups is 2. The lowest BCUT2D eigenvalue weighted by atomic mass is 10.0. The van der Waals surface area contributed by atoms with Gasteiger partial charge in [-0.3, -0.25) is 9.59 Å². The molecule has 2 aromatic carbocycles. The zero-order chi connectivity index (χ0) is 20.8. The highest BCUT2D eigenvalue weighted by atomic mass is 16.5. The van der Waals surface area contributed by atoms with Crippen LogP contribution in [0.1, 0.15) is 29.8 Å². The molecule has 0 saturated carbocycles. The summed E-state index contributed by atoms with van der Waals surface area (Å²) in [7, 11) is 1.57. The minimum absolute atomic E-state index is 0.0368. The molecule has 1 heterocycles. The number of aromatic nitrogens is 1. The number of rotatable bonds is 8. The van der Waals surface area contributed by atoms with E-state index < -0.39 is 6.04 Å². The molecule has 29 heavy (non-hydrogen) atoms. The number of H-pyrrole nitrogens is 1. The molecule has 0 radical (unpaired) electrons. The van der Waals surface area contributed by atoms with Crippen molar-refractivity contribution in [2.24, 2.45) is 5.92 Å². The molecular formula is C23H27N3O3. The van der Waals surface area contributed by atoms with Crippen LogP contribution in [0, 0.1) is 5.92 Å². The Bertz CT molecular complexity index is 976. The molecular weight excluding hydrogens is 366 g/mol. The van der Waals surface area contributed by atoms with Crippen molar-refractivity contribution in [2.75, 3.05) is 13.7 Å². The van der Waals surface area contributed by atoms with Crippen molar-refractivity contribution in [3.63, 3.8) is 0 Å². The van der Waals surface area contributed by atoms with E-state index in [9.17, 15) is 9.59 Å². The lowest BCUT2D eigenvalue weighted by Crippen LogP contribution is -2.50. The minimum Gasteiger partial charge on any atom is -0.497 e. The SMILES string of the molecule is COc1ccc(C(=O)N[C@H](C(=O)NCCc2c[nH]c3ccccc23)C(C)C)cc1. The van der Waals surface area contributed by atoms with Crippen molar-refractivity contribution in [1.82, 2.24) is 15.6 Å². The molecule has 1 aromatic heterocycles. The summed E-state index contributed by atoms with van der Waals surface area (Å²) in [5.74, 6) is 0.183. The van der Waals surface area contributed by atoms with E-state index in [4.69, 9.17) is 4.74 Å². The highest BCUT2D eigenvalue weighted by Gasteiger charge is 2.24. The molecule has 0 aliphatic heterocycles. The van der Waals surface area contributed by atoms with Gasteiger partial charge in [-0.1, -0.05) is 32.0 Å². The molecule has 0 bridgehead atoms. The molecule has 3 N–H and O–H groups in total. The summed E-state index contributed by atoms with van der Waals surface area (Å²) in [4.78, 5) is 28.5. The van der Waals surface area contributed by atoms with Crippen LogP contribution in [0.3, 0.4) is 0 Å². The molecule has 3 rings (SSSR count). The predicted octanol–water partition coefficient (Wildman–Crippen LogP) is 3.29. The first-order valence-electron chi connectivity index (χ1n) is 9.77. The largest absolute Gasteiger partial charge is 0.497 e. The molecule has 6 heteroatoms. The average molecular weight is 393 g/mol. The van der Waals surface area contributed by atoms with Crippen LogP contribution in [0.25, 0.3) is 10.9 Å². The Labute approximate surface area is 170 Å². The summed E-state index contributed by atoms with van der Waals surface area (Å²) in [6.07, 6.45) is 2.69. The summed E-state index contributed by atoms with van der Waals surface area (Å²) in [5.41, 5.74) is 2.73. The summed E-state index contributed by atoms with van der Waals surface area (Å²) < 4.78 is 5.11. The summed E-state index contributed by atoms with van der Waals surface area (Å²) in [6, 6.07) is 14.3. The first kappa shape index (κ1) is 20.5. The van der Waals surface area contributed by atoms with Gasteiger partial charge in [-0.2, -0.15) is 0 Å². The Balaban J connectivity index is 1.58. The number of carbonyl (C=O) groups excluding carboxylic acids is 2. The number of para-hydroxylation sites is 1. The van der Waals surface area contributed by atoms with Crippen molar-refractivity contribution in [1.29, 1.82) is 0 Å². The van der Waals surface area contributed by atoms with Crippen LogP contribution in [-0.2, 0) is 11.2 Å². The van der Waals surface area contributed by atoms with Gasteiger partial charge in [0.1, 0.15) is 11.8 Å². The summed E-state index contributed by atoms with van der Waals surface area (Å²) >= 11 is 0. The number of methoxy groups -OCH3 is 1. The zero-order valence-corrected chi connectivity index (χ0v) is 17.0. The van der Waals surface area contributed by atoms with Gasteiger partial charge in [0.15, 0.2) is 0 Å². The maximum absolute atomic E-state index is 12.7. The number of hydrogen-bond acceptors (Lipinski definition) is 3. The Kier molecular flexibility index (Phi) is 6.54. The average Bonchev–Trinajstić information content (AvgIpc) is 3.14. The number of benzene rings is 2. The van der Waals surface area contributed by atoms with Crippen LogP contribution in [0.15, 0.2) is 54.7 Å². The van der Waals surface area contributed by atoms with Crippen LogP contribution in [0.5, 0.6) is 5.75 Å². The minimum atomic E-state index is -0.604. The quantitative estimate of drug-likeness (QED) is 0.549. The van der Waals surface area contributed by atoms with E-state index in [1.54, 1.807) is 31.4 Å². The standard InChI is InChI=1S/C23H27N3O3/c1-15(2)21(26-22(27)16-8-10-18(29-3)11-9-16)23(28)24-13-12-17-14-25-20-7-5-4-6-19(17)20/h4-11,14-15,21,25H,12-13H2,1-3H3,(H,24,28)(H,26,27)/t21-/m0/s1. The van der Waals surface area contributed by atoms with Gasteiger partial charge < -0.3 is 20.4 Å². The fraction of sp³-hybridized carbons (Fsp3) is 0.304. The second kappa shape index (κ2) is 9.28. The number of ether oxygens (including phenoxy) is 1. The molecule has 0 unspecified atom stereocenters. The monoisotopic (exact) mass is 393 g/mol. The van der Waals surface area contributed by atoms with Gasteiger partial charge >= 0.3 is 0 Å². The molecule has 0 aliphatic rings. The second-order valence-electron chi connectivity index (χ2n) is 7.32. The number of fused-ring (bicyclic) bond motifs is 1. The summed E-state index contributed by atoms with van der Waals surface area (Å²) in [5, 5.41) is 6.96. The van der Waals surface area contributed by atoms with Gasteiger partial charge in [0, 0.05) is 29.2 Å². The molecule has 0 spiro atoms. The van der Waals surface area contributed by atoms with E-state index in [0.717, 1.165) is 16.5 Å². The smallest absolute Gasteiger partial charge is 0.251 e. The third kappa shape index (κ3) is 4.96. The molecule has 0 fully saturated rings. The van der Waals surface area contributed by atoms with Crippen molar-refractivity contribution in [3.8, 4) is 5.75 Å². The lowest BCUT2D eigenvalue weighted by molar-refractivity contribution is -0.123. The third-order valence-corrected chi connectivity index (χ3v) is 4.96. The predicted molar refractivity (Wildman–Crippen MR) is 114 cm³/mol. The Morgan fingerprint density at radius 1 is 1.07 bits per heavy atom. The molecule has 3 aromatic rings. The van der Waals surface area contributed by atoms with Crippen LogP contribution < -0.4 is 15.4 Å². The van der Waals surface area contributed by atoms with E-state index >= 15 is 0 Å². The van der Waals surface area contributed by atoms with Gasteiger partial charge in [0.25, 0.3) is 5.91 Å². The topological polar surface area (TPSA) is 83.2 Å².